The smallest absolute Gasteiger partial charge is 0.410 e. The number of rotatable bonds is 3. The van der Waals surface area contributed by atoms with E-state index >= 15 is 0 Å². The van der Waals surface area contributed by atoms with Crippen LogP contribution in [-0.2, 0) is 4.74 Å². The Morgan fingerprint density at radius 1 is 1.40 bits per heavy atom. The molecule has 1 aromatic rings. The molecule has 0 N–H and O–H groups in total. The van der Waals surface area contributed by atoms with Crippen molar-refractivity contribution >= 4 is 11.8 Å². The molecule has 1 aliphatic rings. The minimum absolute atomic E-state index is 0.312. The molecular formula is C19H26FN3O2. The van der Waals surface area contributed by atoms with Crippen molar-refractivity contribution in [2.75, 3.05) is 31.6 Å². The Bertz CT molecular complexity index is 656. The van der Waals surface area contributed by atoms with E-state index in [1.165, 1.54) is 6.07 Å². The third-order valence-corrected chi connectivity index (χ3v) is 4.27. The van der Waals surface area contributed by atoms with Crippen LogP contribution in [0.3, 0.4) is 0 Å². The topological polar surface area (TPSA) is 56.6 Å². The number of piperidine rings is 1. The molecule has 136 valence electrons. The number of hydrogen-bond acceptors (Lipinski definition) is 4. The van der Waals surface area contributed by atoms with Gasteiger partial charge in [0, 0.05) is 26.7 Å². The van der Waals surface area contributed by atoms with Crippen molar-refractivity contribution in [2.24, 2.45) is 5.92 Å². The Morgan fingerprint density at radius 3 is 2.56 bits per heavy atom. The van der Waals surface area contributed by atoms with Crippen LogP contribution >= 0.6 is 0 Å². The molecule has 0 bridgehead atoms. The summed E-state index contributed by atoms with van der Waals surface area (Å²) >= 11 is 0. The minimum atomic E-state index is -0.498. The number of amides is 1. The monoisotopic (exact) mass is 347 g/mol. The fraction of sp³-hybridized carbons (Fsp3) is 0.579. The third kappa shape index (κ3) is 5.35. The number of halogens is 1. The van der Waals surface area contributed by atoms with E-state index in [4.69, 9.17) is 10.00 Å². The van der Waals surface area contributed by atoms with Crippen LogP contribution in [0.5, 0.6) is 0 Å². The summed E-state index contributed by atoms with van der Waals surface area (Å²) in [6.45, 7) is 7.65. The van der Waals surface area contributed by atoms with Crippen molar-refractivity contribution in [2.45, 2.75) is 39.2 Å². The van der Waals surface area contributed by atoms with E-state index in [9.17, 15) is 9.18 Å². The summed E-state index contributed by atoms with van der Waals surface area (Å²) in [5.74, 6) is 0.0126. The van der Waals surface area contributed by atoms with Crippen LogP contribution in [0.15, 0.2) is 18.2 Å². The van der Waals surface area contributed by atoms with Crippen LogP contribution in [0.1, 0.15) is 39.2 Å². The van der Waals surface area contributed by atoms with Gasteiger partial charge in [0.2, 0.25) is 0 Å². The highest BCUT2D eigenvalue weighted by atomic mass is 19.1. The highest BCUT2D eigenvalue weighted by molar-refractivity contribution is 5.67. The van der Waals surface area contributed by atoms with E-state index in [0.717, 1.165) is 25.9 Å². The fourth-order valence-electron chi connectivity index (χ4n) is 2.99. The van der Waals surface area contributed by atoms with Crippen LogP contribution in [0.2, 0.25) is 0 Å². The highest BCUT2D eigenvalue weighted by Gasteiger charge is 2.25. The summed E-state index contributed by atoms with van der Waals surface area (Å²) in [5, 5.41) is 8.82. The van der Waals surface area contributed by atoms with Crippen LogP contribution in [0, 0.1) is 23.1 Å². The SMILES string of the molecule is CN(CC1CCN(c2ccc(C#N)cc2F)CC1)C(=O)OC(C)(C)C. The van der Waals surface area contributed by atoms with Gasteiger partial charge in [0.05, 0.1) is 17.3 Å². The minimum Gasteiger partial charge on any atom is -0.444 e. The molecular weight excluding hydrogens is 321 g/mol. The van der Waals surface area contributed by atoms with Gasteiger partial charge in [-0.15, -0.1) is 0 Å². The van der Waals surface area contributed by atoms with Crippen molar-refractivity contribution in [1.29, 1.82) is 5.26 Å². The van der Waals surface area contributed by atoms with Crippen molar-refractivity contribution in [3.63, 3.8) is 0 Å². The second kappa shape index (κ2) is 7.73. The molecule has 0 saturated carbocycles. The molecule has 1 amide bonds. The lowest BCUT2D eigenvalue weighted by atomic mass is 9.96. The van der Waals surface area contributed by atoms with Crippen molar-refractivity contribution in [3.8, 4) is 6.07 Å². The number of nitrogens with zero attached hydrogens (tertiary/aromatic N) is 3. The average Bonchev–Trinajstić information content (AvgIpc) is 2.54. The van der Waals surface area contributed by atoms with Gasteiger partial charge in [-0.05, 0) is 57.7 Å². The van der Waals surface area contributed by atoms with E-state index in [0.29, 0.717) is 23.7 Å². The second-order valence-corrected chi connectivity index (χ2v) is 7.57. The van der Waals surface area contributed by atoms with Gasteiger partial charge in [-0.25, -0.2) is 9.18 Å². The highest BCUT2D eigenvalue weighted by Crippen LogP contribution is 2.27. The molecule has 1 aromatic carbocycles. The molecule has 1 aliphatic heterocycles. The summed E-state index contributed by atoms with van der Waals surface area (Å²) < 4.78 is 19.5. The Labute approximate surface area is 149 Å². The first-order valence-corrected chi connectivity index (χ1v) is 8.58. The zero-order valence-corrected chi connectivity index (χ0v) is 15.4. The van der Waals surface area contributed by atoms with Gasteiger partial charge in [-0.2, -0.15) is 5.26 Å². The van der Waals surface area contributed by atoms with Crippen LogP contribution in [0.25, 0.3) is 0 Å². The zero-order valence-electron chi connectivity index (χ0n) is 15.4. The standard InChI is InChI=1S/C19H26FN3O2/c1-19(2,3)25-18(24)22(4)13-14-7-9-23(10-8-14)17-6-5-15(12-21)11-16(17)20/h5-6,11,14H,7-10,13H2,1-4H3. The first kappa shape index (κ1) is 19.0. The summed E-state index contributed by atoms with van der Waals surface area (Å²) in [6, 6.07) is 6.53. The first-order chi connectivity index (χ1) is 11.7. The summed E-state index contributed by atoms with van der Waals surface area (Å²) in [6.07, 6.45) is 1.45. The van der Waals surface area contributed by atoms with E-state index in [1.54, 1.807) is 24.1 Å². The molecule has 2 rings (SSSR count). The lowest BCUT2D eigenvalue weighted by Gasteiger charge is -2.35. The maximum absolute atomic E-state index is 14.1. The summed E-state index contributed by atoms with van der Waals surface area (Å²) in [7, 11) is 1.75. The number of benzene rings is 1. The lowest BCUT2D eigenvalue weighted by molar-refractivity contribution is 0.0266. The molecule has 0 spiro atoms. The van der Waals surface area contributed by atoms with Crippen LogP contribution in [0.4, 0.5) is 14.9 Å². The molecule has 5 nitrogen and oxygen atoms in total. The van der Waals surface area contributed by atoms with E-state index in [-0.39, 0.29) is 11.9 Å². The quantitative estimate of drug-likeness (QED) is 0.835. The number of anilines is 1. The molecule has 1 saturated heterocycles. The number of nitriles is 1. The van der Waals surface area contributed by atoms with Gasteiger partial charge >= 0.3 is 6.09 Å². The number of carbonyl (C=O) groups excluding carboxylic acids is 1. The third-order valence-electron chi connectivity index (χ3n) is 4.27. The lowest BCUT2D eigenvalue weighted by Crippen LogP contribution is -2.41. The number of ether oxygens (including phenoxy) is 1. The van der Waals surface area contributed by atoms with Crippen molar-refractivity contribution in [3.05, 3.63) is 29.6 Å². The summed E-state index contributed by atoms with van der Waals surface area (Å²) in [5.41, 5.74) is 0.370. The molecule has 0 aliphatic carbocycles. The molecule has 0 radical (unpaired) electrons. The average molecular weight is 347 g/mol. The Hall–Kier alpha value is -2.29. The summed E-state index contributed by atoms with van der Waals surface area (Å²) in [4.78, 5) is 15.7. The molecule has 0 unspecified atom stereocenters. The molecule has 1 fully saturated rings. The van der Waals surface area contributed by atoms with Gasteiger partial charge < -0.3 is 14.5 Å². The Balaban J connectivity index is 1.87. The van der Waals surface area contributed by atoms with E-state index < -0.39 is 5.60 Å². The van der Waals surface area contributed by atoms with Gasteiger partial charge in [0.25, 0.3) is 0 Å². The second-order valence-electron chi connectivity index (χ2n) is 7.57. The molecule has 0 aromatic heterocycles. The van der Waals surface area contributed by atoms with Crippen LogP contribution < -0.4 is 4.90 Å². The molecule has 0 atom stereocenters. The van der Waals surface area contributed by atoms with E-state index in [1.807, 2.05) is 31.7 Å². The molecule has 1 heterocycles. The zero-order chi connectivity index (χ0) is 18.6. The Kier molecular flexibility index (Phi) is 5.89. The van der Waals surface area contributed by atoms with Crippen molar-refractivity contribution < 1.29 is 13.9 Å². The predicted octanol–water partition coefficient (Wildman–Crippen LogP) is 3.78. The first-order valence-electron chi connectivity index (χ1n) is 8.58. The maximum Gasteiger partial charge on any atom is 0.410 e. The maximum atomic E-state index is 14.1. The van der Waals surface area contributed by atoms with Crippen LogP contribution in [-0.4, -0.2) is 43.3 Å². The predicted molar refractivity (Wildman–Crippen MR) is 94.9 cm³/mol. The molecule has 25 heavy (non-hydrogen) atoms. The van der Waals surface area contributed by atoms with Gasteiger partial charge in [0.15, 0.2) is 0 Å². The Morgan fingerprint density at radius 2 is 2.04 bits per heavy atom. The normalized spacial score (nSPS) is 15.6. The van der Waals surface area contributed by atoms with Gasteiger partial charge in [-0.3, -0.25) is 0 Å². The largest absolute Gasteiger partial charge is 0.444 e. The fourth-order valence-corrected chi connectivity index (χ4v) is 2.99. The number of carbonyl (C=O) groups is 1. The van der Waals surface area contributed by atoms with E-state index in [2.05, 4.69) is 0 Å². The van der Waals surface area contributed by atoms with Gasteiger partial charge in [0.1, 0.15) is 11.4 Å². The van der Waals surface area contributed by atoms with Crippen molar-refractivity contribution in [1.82, 2.24) is 4.90 Å². The number of hydrogen-bond donors (Lipinski definition) is 0. The molecule has 6 heteroatoms. The van der Waals surface area contributed by atoms with Gasteiger partial charge in [-0.1, -0.05) is 0 Å².